The Kier molecular flexibility index (Phi) is 5.38. The summed E-state index contributed by atoms with van der Waals surface area (Å²) in [4.78, 5) is 14.2. The van der Waals surface area contributed by atoms with Crippen LogP contribution in [0.2, 0.25) is 0 Å². The van der Waals surface area contributed by atoms with Gasteiger partial charge in [-0.25, -0.2) is 0 Å². The van der Waals surface area contributed by atoms with Crippen molar-refractivity contribution in [2.75, 3.05) is 27.3 Å². The van der Waals surface area contributed by atoms with Crippen molar-refractivity contribution in [3.05, 3.63) is 72.3 Å². The standard InChI is InChI=1S/C24H23NO4/c1-25(15-21-16-28-22-5-3-4-6-23(22)29-21)24(26)12-8-17-7-9-19-14-20(27-2)11-10-18(19)13-17/h3-14,21H,15-16H2,1-2H3/b12-8+/t21-/m0/s1. The molecule has 0 spiro atoms. The fraction of sp³-hybridized carbons (Fsp3) is 0.208. The molecule has 5 heteroatoms. The number of nitrogens with zero attached hydrogens (tertiary/aromatic N) is 1. The van der Waals surface area contributed by atoms with E-state index < -0.39 is 0 Å². The summed E-state index contributed by atoms with van der Waals surface area (Å²) < 4.78 is 16.9. The highest BCUT2D eigenvalue weighted by Crippen LogP contribution is 2.31. The first-order valence-electron chi connectivity index (χ1n) is 9.52. The third kappa shape index (κ3) is 4.35. The van der Waals surface area contributed by atoms with E-state index in [-0.39, 0.29) is 12.0 Å². The van der Waals surface area contributed by atoms with E-state index in [1.165, 1.54) is 0 Å². The van der Waals surface area contributed by atoms with Crippen LogP contribution in [0.5, 0.6) is 17.2 Å². The minimum absolute atomic E-state index is 0.0812. The Bertz CT molecular complexity index is 1060. The highest BCUT2D eigenvalue weighted by Gasteiger charge is 2.23. The Morgan fingerprint density at radius 1 is 1.10 bits per heavy atom. The second-order valence-electron chi connectivity index (χ2n) is 7.02. The Morgan fingerprint density at radius 2 is 1.86 bits per heavy atom. The van der Waals surface area contributed by atoms with E-state index in [0.717, 1.165) is 27.8 Å². The zero-order valence-corrected chi connectivity index (χ0v) is 16.5. The monoisotopic (exact) mass is 389 g/mol. The van der Waals surface area contributed by atoms with Gasteiger partial charge in [-0.1, -0.05) is 30.3 Å². The van der Waals surface area contributed by atoms with Crippen LogP contribution in [-0.4, -0.2) is 44.2 Å². The maximum absolute atomic E-state index is 12.5. The lowest BCUT2D eigenvalue weighted by molar-refractivity contribution is -0.126. The van der Waals surface area contributed by atoms with E-state index in [2.05, 4.69) is 0 Å². The van der Waals surface area contributed by atoms with Gasteiger partial charge in [0.05, 0.1) is 13.7 Å². The minimum Gasteiger partial charge on any atom is -0.497 e. The van der Waals surface area contributed by atoms with E-state index in [1.807, 2.05) is 66.7 Å². The van der Waals surface area contributed by atoms with Crippen LogP contribution in [-0.2, 0) is 4.79 Å². The third-order valence-corrected chi connectivity index (χ3v) is 4.91. The first-order chi connectivity index (χ1) is 14.1. The van der Waals surface area contributed by atoms with Crippen molar-refractivity contribution in [2.24, 2.45) is 0 Å². The fourth-order valence-electron chi connectivity index (χ4n) is 3.32. The highest BCUT2D eigenvalue weighted by atomic mass is 16.6. The van der Waals surface area contributed by atoms with E-state index in [0.29, 0.717) is 18.9 Å². The number of methoxy groups -OCH3 is 1. The molecule has 148 valence electrons. The van der Waals surface area contributed by atoms with Gasteiger partial charge < -0.3 is 19.1 Å². The molecule has 3 aromatic rings. The van der Waals surface area contributed by atoms with Crippen molar-refractivity contribution < 1.29 is 19.0 Å². The molecule has 5 nitrogen and oxygen atoms in total. The van der Waals surface area contributed by atoms with Gasteiger partial charge in [0.15, 0.2) is 17.6 Å². The number of ether oxygens (including phenoxy) is 3. The number of hydrogen-bond donors (Lipinski definition) is 0. The number of rotatable bonds is 5. The SMILES string of the molecule is COc1ccc2cc(/C=C/C(=O)N(C)C[C@H]3COc4ccccc4O3)ccc2c1. The maximum Gasteiger partial charge on any atom is 0.246 e. The van der Waals surface area contributed by atoms with Crippen LogP contribution >= 0.6 is 0 Å². The van der Waals surface area contributed by atoms with Crippen LogP contribution in [0.3, 0.4) is 0 Å². The van der Waals surface area contributed by atoms with E-state index in [1.54, 1.807) is 25.1 Å². The number of para-hydroxylation sites is 2. The average Bonchev–Trinajstić information content (AvgIpc) is 2.76. The Labute approximate surface area is 170 Å². The number of hydrogen-bond acceptors (Lipinski definition) is 4. The lowest BCUT2D eigenvalue weighted by atomic mass is 10.1. The summed E-state index contributed by atoms with van der Waals surface area (Å²) in [5.41, 5.74) is 0.968. The Hall–Kier alpha value is -3.47. The van der Waals surface area contributed by atoms with Crippen LogP contribution in [0.25, 0.3) is 16.8 Å². The van der Waals surface area contributed by atoms with Crippen LogP contribution in [0, 0.1) is 0 Å². The van der Waals surface area contributed by atoms with Gasteiger partial charge in [-0.3, -0.25) is 4.79 Å². The molecule has 0 unspecified atom stereocenters. The molecular weight excluding hydrogens is 366 g/mol. The molecule has 1 heterocycles. The zero-order chi connectivity index (χ0) is 20.2. The predicted octanol–water partition coefficient (Wildman–Crippen LogP) is 4.16. The number of carbonyl (C=O) groups is 1. The molecule has 1 aliphatic heterocycles. The van der Waals surface area contributed by atoms with Gasteiger partial charge in [0.2, 0.25) is 5.91 Å². The second kappa shape index (κ2) is 8.27. The van der Waals surface area contributed by atoms with Crippen LogP contribution in [0.1, 0.15) is 5.56 Å². The topological polar surface area (TPSA) is 48.0 Å². The molecule has 0 bridgehead atoms. The summed E-state index contributed by atoms with van der Waals surface area (Å²) in [5.74, 6) is 2.20. The molecule has 29 heavy (non-hydrogen) atoms. The highest BCUT2D eigenvalue weighted by molar-refractivity contribution is 5.93. The lowest BCUT2D eigenvalue weighted by Crippen LogP contribution is -2.41. The van der Waals surface area contributed by atoms with Crippen molar-refractivity contribution in [3.8, 4) is 17.2 Å². The summed E-state index contributed by atoms with van der Waals surface area (Å²) in [5, 5.41) is 2.19. The molecule has 0 N–H and O–H groups in total. The molecule has 3 aromatic carbocycles. The first kappa shape index (κ1) is 18.9. The minimum atomic E-state index is -0.192. The normalized spacial score (nSPS) is 15.4. The Balaban J connectivity index is 1.38. The lowest BCUT2D eigenvalue weighted by Gasteiger charge is -2.29. The zero-order valence-electron chi connectivity index (χ0n) is 16.5. The van der Waals surface area contributed by atoms with Crippen molar-refractivity contribution in [3.63, 3.8) is 0 Å². The van der Waals surface area contributed by atoms with Crippen LogP contribution in [0.15, 0.2) is 66.7 Å². The van der Waals surface area contributed by atoms with Crippen LogP contribution < -0.4 is 14.2 Å². The molecule has 1 aliphatic rings. The molecule has 0 aromatic heterocycles. The summed E-state index contributed by atoms with van der Waals surface area (Å²) in [6, 6.07) is 19.6. The fourth-order valence-corrected chi connectivity index (χ4v) is 3.32. The number of fused-ring (bicyclic) bond motifs is 2. The molecule has 0 fully saturated rings. The molecule has 0 radical (unpaired) electrons. The van der Waals surface area contributed by atoms with Crippen molar-refractivity contribution >= 4 is 22.8 Å². The quantitative estimate of drug-likeness (QED) is 0.615. The molecule has 0 saturated carbocycles. The van der Waals surface area contributed by atoms with Crippen molar-refractivity contribution in [2.45, 2.75) is 6.10 Å². The number of carbonyl (C=O) groups excluding carboxylic acids is 1. The smallest absolute Gasteiger partial charge is 0.246 e. The molecule has 4 rings (SSSR count). The maximum atomic E-state index is 12.5. The van der Waals surface area contributed by atoms with Gasteiger partial charge in [-0.15, -0.1) is 0 Å². The van der Waals surface area contributed by atoms with Crippen molar-refractivity contribution in [1.29, 1.82) is 0 Å². The number of benzene rings is 3. The van der Waals surface area contributed by atoms with Crippen molar-refractivity contribution in [1.82, 2.24) is 4.90 Å². The van der Waals surface area contributed by atoms with Gasteiger partial charge >= 0.3 is 0 Å². The molecular formula is C24H23NO4. The largest absolute Gasteiger partial charge is 0.497 e. The predicted molar refractivity (Wildman–Crippen MR) is 114 cm³/mol. The van der Waals surface area contributed by atoms with Gasteiger partial charge in [0, 0.05) is 13.1 Å². The number of amides is 1. The third-order valence-electron chi connectivity index (χ3n) is 4.91. The van der Waals surface area contributed by atoms with Gasteiger partial charge in [0.25, 0.3) is 0 Å². The molecule has 1 amide bonds. The molecule has 1 atom stereocenters. The van der Waals surface area contributed by atoms with Gasteiger partial charge in [-0.2, -0.15) is 0 Å². The second-order valence-corrected chi connectivity index (χ2v) is 7.02. The van der Waals surface area contributed by atoms with Gasteiger partial charge in [-0.05, 0) is 52.7 Å². The molecule has 0 aliphatic carbocycles. The van der Waals surface area contributed by atoms with E-state index >= 15 is 0 Å². The summed E-state index contributed by atoms with van der Waals surface area (Å²) in [6.07, 6.45) is 3.22. The number of likely N-dealkylation sites (N-methyl/N-ethyl adjacent to an activating group) is 1. The molecule has 0 saturated heterocycles. The van der Waals surface area contributed by atoms with Crippen LogP contribution in [0.4, 0.5) is 0 Å². The summed E-state index contributed by atoms with van der Waals surface area (Å²) in [6.45, 7) is 0.876. The average molecular weight is 389 g/mol. The summed E-state index contributed by atoms with van der Waals surface area (Å²) in [7, 11) is 3.42. The van der Waals surface area contributed by atoms with Gasteiger partial charge in [0.1, 0.15) is 12.4 Å². The van der Waals surface area contributed by atoms with E-state index in [9.17, 15) is 4.79 Å². The Morgan fingerprint density at radius 3 is 2.69 bits per heavy atom. The summed E-state index contributed by atoms with van der Waals surface area (Å²) >= 11 is 0. The van der Waals surface area contributed by atoms with E-state index in [4.69, 9.17) is 14.2 Å². The first-order valence-corrected chi connectivity index (χ1v) is 9.52.